The van der Waals surface area contributed by atoms with E-state index >= 15 is 0 Å². The fourth-order valence-electron chi connectivity index (χ4n) is 1.64. The van der Waals surface area contributed by atoms with Gasteiger partial charge in [0.25, 0.3) is 0 Å². The van der Waals surface area contributed by atoms with E-state index in [9.17, 15) is 9.18 Å². The Hall–Kier alpha value is -0.780. The highest BCUT2D eigenvalue weighted by atomic mass is 79.9. The van der Waals surface area contributed by atoms with E-state index in [1.165, 1.54) is 6.07 Å². The van der Waals surface area contributed by atoms with Gasteiger partial charge in [-0.2, -0.15) is 0 Å². The van der Waals surface area contributed by atoms with Gasteiger partial charge in [-0.25, -0.2) is 4.39 Å². The normalized spacial score (nSPS) is 20.2. The third-order valence-electron chi connectivity index (χ3n) is 2.54. The molecule has 0 aromatic heterocycles. The average molecular weight is 303 g/mol. The molecule has 92 valence electrons. The number of ketones is 1. The zero-order valence-electron chi connectivity index (χ0n) is 9.12. The summed E-state index contributed by atoms with van der Waals surface area (Å²) in [5.41, 5.74) is 0.762. The molecule has 1 saturated heterocycles. The van der Waals surface area contributed by atoms with Gasteiger partial charge >= 0.3 is 0 Å². The lowest BCUT2D eigenvalue weighted by molar-refractivity contribution is -0.144. The molecule has 17 heavy (non-hydrogen) atoms. The molecule has 0 bridgehead atoms. The molecule has 0 aliphatic carbocycles. The number of halogens is 2. The van der Waals surface area contributed by atoms with E-state index in [-0.39, 0.29) is 18.0 Å². The SMILES string of the molecule is O=C(Cc1ccc(F)c(Br)c1)C1COCCO1. The minimum absolute atomic E-state index is 0.0387. The lowest BCUT2D eigenvalue weighted by Crippen LogP contribution is -2.36. The van der Waals surface area contributed by atoms with E-state index < -0.39 is 6.10 Å². The predicted octanol–water partition coefficient (Wildman–Crippen LogP) is 2.12. The van der Waals surface area contributed by atoms with Crippen molar-refractivity contribution >= 4 is 21.7 Å². The van der Waals surface area contributed by atoms with E-state index in [4.69, 9.17) is 9.47 Å². The summed E-state index contributed by atoms with van der Waals surface area (Å²) in [6.45, 7) is 1.29. The Morgan fingerprint density at radius 1 is 1.47 bits per heavy atom. The lowest BCUT2D eigenvalue weighted by atomic mass is 10.1. The number of carbonyl (C=O) groups is 1. The van der Waals surface area contributed by atoms with Crippen molar-refractivity contribution in [1.82, 2.24) is 0 Å². The summed E-state index contributed by atoms with van der Waals surface area (Å²) in [7, 11) is 0. The number of ether oxygens (including phenoxy) is 2. The molecule has 1 aromatic carbocycles. The Kier molecular flexibility index (Phi) is 4.25. The monoisotopic (exact) mass is 302 g/mol. The van der Waals surface area contributed by atoms with E-state index in [0.717, 1.165) is 5.56 Å². The summed E-state index contributed by atoms with van der Waals surface area (Å²) in [6.07, 6.45) is -0.264. The van der Waals surface area contributed by atoms with Crippen molar-refractivity contribution < 1.29 is 18.7 Å². The second-order valence-electron chi connectivity index (χ2n) is 3.83. The predicted molar refractivity (Wildman–Crippen MR) is 63.4 cm³/mol. The van der Waals surface area contributed by atoms with Crippen LogP contribution in [0.15, 0.2) is 22.7 Å². The Bertz CT molecular complexity index is 416. The van der Waals surface area contributed by atoms with Crippen LogP contribution in [0.4, 0.5) is 4.39 Å². The summed E-state index contributed by atoms with van der Waals surface area (Å²) < 4.78 is 23.9. The van der Waals surface area contributed by atoms with Crippen molar-refractivity contribution in [2.75, 3.05) is 19.8 Å². The minimum Gasteiger partial charge on any atom is -0.376 e. The van der Waals surface area contributed by atoms with Gasteiger partial charge in [0.05, 0.1) is 24.3 Å². The van der Waals surface area contributed by atoms with Gasteiger partial charge in [0, 0.05) is 6.42 Å². The number of Topliss-reactive ketones (excluding diaryl/α,β-unsaturated/α-hetero) is 1. The lowest BCUT2D eigenvalue weighted by Gasteiger charge is -2.21. The zero-order valence-corrected chi connectivity index (χ0v) is 10.7. The molecule has 1 fully saturated rings. The highest BCUT2D eigenvalue weighted by molar-refractivity contribution is 9.10. The molecule has 0 radical (unpaired) electrons. The van der Waals surface area contributed by atoms with E-state index in [0.29, 0.717) is 24.3 Å². The standard InChI is InChI=1S/C12H12BrFO3/c13-9-5-8(1-2-10(9)14)6-11(15)12-7-16-3-4-17-12/h1-2,5,12H,3-4,6-7H2. The van der Waals surface area contributed by atoms with Gasteiger partial charge in [0.2, 0.25) is 0 Å². The first kappa shape index (κ1) is 12.7. The molecule has 1 aliphatic rings. The second-order valence-corrected chi connectivity index (χ2v) is 4.68. The van der Waals surface area contributed by atoms with Crippen LogP contribution in [0.2, 0.25) is 0 Å². The largest absolute Gasteiger partial charge is 0.376 e. The maximum atomic E-state index is 13.0. The molecule has 1 aliphatic heterocycles. The topological polar surface area (TPSA) is 35.5 Å². The van der Waals surface area contributed by atoms with Gasteiger partial charge in [-0.05, 0) is 33.6 Å². The van der Waals surface area contributed by atoms with Crippen LogP contribution >= 0.6 is 15.9 Å². The third kappa shape index (κ3) is 3.34. The molecule has 2 rings (SSSR count). The first-order chi connectivity index (χ1) is 8.16. The Balaban J connectivity index is 1.99. The summed E-state index contributed by atoms with van der Waals surface area (Å²) in [5.74, 6) is -0.373. The minimum atomic E-state index is -0.493. The van der Waals surface area contributed by atoms with Gasteiger partial charge in [0.1, 0.15) is 11.9 Å². The Morgan fingerprint density at radius 3 is 2.94 bits per heavy atom. The zero-order chi connectivity index (χ0) is 12.3. The highest BCUT2D eigenvalue weighted by Gasteiger charge is 2.22. The second kappa shape index (κ2) is 5.71. The van der Waals surface area contributed by atoms with Crippen LogP contribution in [0.3, 0.4) is 0 Å². The first-order valence-electron chi connectivity index (χ1n) is 5.33. The van der Waals surface area contributed by atoms with Crippen molar-refractivity contribution in [3.05, 3.63) is 34.1 Å². The van der Waals surface area contributed by atoms with E-state index in [1.807, 2.05) is 0 Å². The van der Waals surface area contributed by atoms with Crippen molar-refractivity contribution in [3.63, 3.8) is 0 Å². The summed E-state index contributed by atoms with van der Waals surface area (Å²) in [4.78, 5) is 11.8. The molecule has 1 heterocycles. The van der Waals surface area contributed by atoms with Gasteiger partial charge in [-0.15, -0.1) is 0 Å². The van der Waals surface area contributed by atoms with Crippen LogP contribution in [-0.4, -0.2) is 31.7 Å². The van der Waals surface area contributed by atoms with Crippen molar-refractivity contribution in [3.8, 4) is 0 Å². The summed E-state index contributed by atoms with van der Waals surface area (Å²) in [5, 5.41) is 0. The van der Waals surface area contributed by atoms with Crippen molar-refractivity contribution in [2.24, 2.45) is 0 Å². The number of rotatable bonds is 3. The highest BCUT2D eigenvalue weighted by Crippen LogP contribution is 2.18. The number of benzene rings is 1. The molecule has 0 N–H and O–H groups in total. The Labute approximate surface area is 107 Å². The van der Waals surface area contributed by atoms with Gasteiger partial charge in [0.15, 0.2) is 5.78 Å². The molecule has 1 unspecified atom stereocenters. The molecule has 1 aromatic rings. The first-order valence-corrected chi connectivity index (χ1v) is 6.12. The van der Waals surface area contributed by atoms with Crippen LogP contribution < -0.4 is 0 Å². The molecule has 1 atom stereocenters. The van der Waals surface area contributed by atoms with Crippen LogP contribution in [0.25, 0.3) is 0 Å². The van der Waals surface area contributed by atoms with Crippen molar-refractivity contribution in [1.29, 1.82) is 0 Å². The number of hydrogen-bond acceptors (Lipinski definition) is 3. The van der Waals surface area contributed by atoms with E-state index in [2.05, 4.69) is 15.9 Å². The summed E-state index contributed by atoms with van der Waals surface area (Å²) in [6, 6.07) is 4.55. The number of hydrogen-bond donors (Lipinski definition) is 0. The van der Waals surface area contributed by atoms with E-state index in [1.54, 1.807) is 12.1 Å². The Morgan fingerprint density at radius 2 is 2.29 bits per heavy atom. The molecule has 0 spiro atoms. The van der Waals surface area contributed by atoms with Crippen LogP contribution in [0.1, 0.15) is 5.56 Å². The fourth-order valence-corrected chi connectivity index (χ4v) is 2.06. The van der Waals surface area contributed by atoms with Crippen LogP contribution in [0, 0.1) is 5.82 Å². The van der Waals surface area contributed by atoms with Gasteiger partial charge in [-0.1, -0.05) is 6.07 Å². The molecule has 3 nitrogen and oxygen atoms in total. The van der Waals surface area contributed by atoms with Gasteiger partial charge in [-0.3, -0.25) is 4.79 Å². The number of carbonyl (C=O) groups excluding carboxylic acids is 1. The van der Waals surface area contributed by atoms with Crippen LogP contribution in [0.5, 0.6) is 0 Å². The third-order valence-corrected chi connectivity index (χ3v) is 3.15. The van der Waals surface area contributed by atoms with Gasteiger partial charge < -0.3 is 9.47 Å². The molecular formula is C12H12BrFO3. The molecule has 5 heteroatoms. The molecular weight excluding hydrogens is 291 g/mol. The molecule has 0 saturated carbocycles. The molecule has 0 amide bonds. The maximum Gasteiger partial charge on any atom is 0.168 e. The summed E-state index contributed by atoms with van der Waals surface area (Å²) >= 11 is 3.09. The van der Waals surface area contributed by atoms with Crippen molar-refractivity contribution in [2.45, 2.75) is 12.5 Å². The maximum absolute atomic E-state index is 13.0. The smallest absolute Gasteiger partial charge is 0.168 e. The average Bonchev–Trinajstić information content (AvgIpc) is 2.35. The quantitative estimate of drug-likeness (QED) is 0.858. The fraction of sp³-hybridized carbons (Fsp3) is 0.417. The van der Waals surface area contributed by atoms with Crippen LogP contribution in [-0.2, 0) is 20.7 Å².